The second kappa shape index (κ2) is 5.30. The minimum absolute atomic E-state index is 0.193. The molecule has 0 spiro atoms. The topological polar surface area (TPSA) is 15.3 Å². The van der Waals surface area contributed by atoms with Crippen molar-refractivity contribution in [3.05, 3.63) is 30.1 Å². The molecule has 0 aromatic heterocycles. The monoisotopic (exact) mass is 222 g/mol. The third kappa shape index (κ3) is 2.95. The first-order valence-corrected chi connectivity index (χ1v) is 6.01. The van der Waals surface area contributed by atoms with Crippen LogP contribution in [0.4, 0.5) is 10.1 Å². The molecule has 88 valence electrons. The number of nitrogens with one attached hydrogen (secondary N) is 1. The van der Waals surface area contributed by atoms with Crippen LogP contribution in [0.3, 0.4) is 0 Å². The molecule has 1 fully saturated rings. The van der Waals surface area contributed by atoms with E-state index in [1.165, 1.54) is 44.2 Å². The summed E-state index contributed by atoms with van der Waals surface area (Å²) < 4.78 is 13.0. The summed E-state index contributed by atoms with van der Waals surface area (Å²) in [6.07, 6.45) is 6.43. The van der Waals surface area contributed by atoms with Gasteiger partial charge in [0.2, 0.25) is 0 Å². The lowest BCUT2D eigenvalue weighted by Gasteiger charge is -2.32. The SMILES string of the molecule is CN(Nc1cccc(F)c1)C1CCCCC1. The first-order chi connectivity index (χ1) is 7.75. The molecule has 2 rings (SSSR count). The van der Waals surface area contributed by atoms with Gasteiger partial charge in [-0.3, -0.25) is 0 Å². The van der Waals surface area contributed by atoms with Gasteiger partial charge in [-0.05, 0) is 31.0 Å². The van der Waals surface area contributed by atoms with Crippen LogP contribution in [-0.2, 0) is 0 Å². The zero-order valence-corrected chi connectivity index (χ0v) is 9.75. The number of rotatable bonds is 3. The average Bonchev–Trinajstić information content (AvgIpc) is 2.30. The molecule has 0 saturated heterocycles. The van der Waals surface area contributed by atoms with E-state index in [1.807, 2.05) is 13.1 Å². The molecule has 1 aromatic rings. The van der Waals surface area contributed by atoms with E-state index in [9.17, 15) is 4.39 Å². The van der Waals surface area contributed by atoms with E-state index in [0.29, 0.717) is 6.04 Å². The minimum Gasteiger partial charge on any atom is -0.319 e. The Hall–Kier alpha value is -1.09. The molecule has 2 nitrogen and oxygen atoms in total. The van der Waals surface area contributed by atoms with E-state index in [4.69, 9.17) is 0 Å². The molecule has 1 saturated carbocycles. The molecular formula is C13H19FN2. The van der Waals surface area contributed by atoms with E-state index >= 15 is 0 Å². The normalized spacial score (nSPS) is 17.7. The van der Waals surface area contributed by atoms with Crippen molar-refractivity contribution < 1.29 is 4.39 Å². The molecule has 0 unspecified atom stereocenters. The molecule has 0 bridgehead atoms. The maximum absolute atomic E-state index is 13.0. The average molecular weight is 222 g/mol. The third-order valence-electron chi connectivity index (χ3n) is 3.25. The Kier molecular flexibility index (Phi) is 3.78. The Labute approximate surface area is 96.4 Å². The summed E-state index contributed by atoms with van der Waals surface area (Å²) >= 11 is 0. The number of hydrogen-bond acceptors (Lipinski definition) is 2. The van der Waals surface area contributed by atoms with Gasteiger partial charge in [-0.25, -0.2) is 9.40 Å². The van der Waals surface area contributed by atoms with Crippen LogP contribution in [0.25, 0.3) is 0 Å². The van der Waals surface area contributed by atoms with E-state index in [0.717, 1.165) is 5.69 Å². The van der Waals surface area contributed by atoms with Crippen LogP contribution in [0.2, 0.25) is 0 Å². The van der Waals surface area contributed by atoms with Crippen molar-refractivity contribution in [1.82, 2.24) is 5.01 Å². The first kappa shape index (κ1) is 11.4. The lowest BCUT2D eigenvalue weighted by molar-refractivity contribution is 0.226. The number of benzene rings is 1. The van der Waals surface area contributed by atoms with Crippen LogP contribution >= 0.6 is 0 Å². The molecule has 3 heteroatoms. The molecular weight excluding hydrogens is 203 g/mol. The molecule has 0 aliphatic heterocycles. The molecule has 16 heavy (non-hydrogen) atoms. The summed E-state index contributed by atoms with van der Waals surface area (Å²) in [6.45, 7) is 0. The Morgan fingerprint density at radius 3 is 2.69 bits per heavy atom. The highest BCUT2D eigenvalue weighted by molar-refractivity contribution is 5.42. The standard InChI is InChI=1S/C13H19FN2/c1-16(13-8-3-2-4-9-13)15-12-7-5-6-11(14)10-12/h5-7,10,13,15H,2-4,8-9H2,1H3. The van der Waals surface area contributed by atoms with Crippen LogP contribution in [0.5, 0.6) is 0 Å². The van der Waals surface area contributed by atoms with Gasteiger partial charge >= 0.3 is 0 Å². The summed E-state index contributed by atoms with van der Waals surface area (Å²) in [5.74, 6) is -0.193. The largest absolute Gasteiger partial charge is 0.319 e. The summed E-state index contributed by atoms with van der Waals surface area (Å²) in [5, 5.41) is 2.12. The Balaban J connectivity index is 1.93. The molecule has 0 heterocycles. The van der Waals surface area contributed by atoms with Crippen molar-refractivity contribution in [2.75, 3.05) is 12.5 Å². The second-order valence-corrected chi connectivity index (χ2v) is 4.52. The van der Waals surface area contributed by atoms with Gasteiger partial charge in [0.1, 0.15) is 5.82 Å². The minimum atomic E-state index is -0.193. The van der Waals surface area contributed by atoms with Crippen LogP contribution in [0.15, 0.2) is 24.3 Å². The summed E-state index contributed by atoms with van der Waals surface area (Å²) in [5.41, 5.74) is 4.07. The van der Waals surface area contributed by atoms with Gasteiger partial charge in [-0.15, -0.1) is 0 Å². The molecule has 0 atom stereocenters. The number of halogens is 1. The predicted molar refractivity (Wildman–Crippen MR) is 64.7 cm³/mol. The first-order valence-electron chi connectivity index (χ1n) is 6.01. The fraction of sp³-hybridized carbons (Fsp3) is 0.538. The van der Waals surface area contributed by atoms with Crippen molar-refractivity contribution in [3.63, 3.8) is 0 Å². The summed E-state index contributed by atoms with van der Waals surface area (Å²) in [7, 11) is 2.04. The van der Waals surface area contributed by atoms with Gasteiger partial charge in [-0.2, -0.15) is 0 Å². The molecule has 0 amide bonds. The fourth-order valence-corrected chi connectivity index (χ4v) is 2.32. The Morgan fingerprint density at radius 1 is 1.25 bits per heavy atom. The molecule has 1 aliphatic carbocycles. The molecule has 1 N–H and O–H groups in total. The van der Waals surface area contributed by atoms with E-state index < -0.39 is 0 Å². The Bertz CT molecular complexity index is 334. The summed E-state index contributed by atoms with van der Waals surface area (Å²) in [6, 6.07) is 7.19. The zero-order chi connectivity index (χ0) is 11.4. The van der Waals surface area contributed by atoms with Crippen LogP contribution in [0.1, 0.15) is 32.1 Å². The van der Waals surface area contributed by atoms with Gasteiger partial charge in [-0.1, -0.05) is 25.3 Å². The van der Waals surface area contributed by atoms with Crippen LogP contribution < -0.4 is 5.43 Å². The van der Waals surface area contributed by atoms with Crippen molar-refractivity contribution in [1.29, 1.82) is 0 Å². The van der Waals surface area contributed by atoms with Gasteiger partial charge in [0.05, 0.1) is 5.69 Å². The summed E-state index contributed by atoms with van der Waals surface area (Å²) in [4.78, 5) is 0. The number of nitrogens with zero attached hydrogens (tertiary/aromatic N) is 1. The highest BCUT2D eigenvalue weighted by Crippen LogP contribution is 2.22. The zero-order valence-electron chi connectivity index (χ0n) is 9.75. The van der Waals surface area contributed by atoms with Crippen molar-refractivity contribution in [2.24, 2.45) is 0 Å². The maximum atomic E-state index is 13.0. The quantitative estimate of drug-likeness (QED) is 0.788. The molecule has 1 aliphatic rings. The van der Waals surface area contributed by atoms with Crippen LogP contribution in [0, 0.1) is 5.82 Å². The van der Waals surface area contributed by atoms with E-state index in [2.05, 4.69) is 10.4 Å². The third-order valence-corrected chi connectivity index (χ3v) is 3.25. The number of hydrazine groups is 1. The smallest absolute Gasteiger partial charge is 0.125 e. The van der Waals surface area contributed by atoms with Gasteiger partial charge < -0.3 is 5.43 Å². The van der Waals surface area contributed by atoms with Crippen LogP contribution in [-0.4, -0.2) is 18.1 Å². The fourth-order valence-electron chi connectivity index (χ4n) is 2.32. The van der Waals surface area contributed by atoms with Crippen molar-refractivity contribution >= 4 is 5.69 Å². The van der Waals surface area contributed by atoms with Gasteiger partial charge in [0, 0.05) is 13.1 Å². The van der Waals surface area contributed by atoms with Gasteiger partial charge in [0.25, 0.3) is 0 Å². The van der Waals surface area contributed by atoms with Crippen molar-refractivity contribution in [2.45, 2.75) is 38.1 Å². The molecule has 1 aromatic carbocycles. The lowest BCUT2D eigenvalue weighted by atomic mass is 9.95. The number of hydrogen-bond donors (Lipinski definition) is 1. The van der Waals surface area contributed by atoms with E-state index in [-0.39, 0.29) is 5.82 Å². The maximum Gasteiger partial charge on any atom is 0.125 e. The highest BCUT2D eigenvalue weighted by atomic mass is 19.1. The lowest BCUT2D eigenvalue weighted by Crippen LogP contribution is -2.37. The molecule has 0 radical (unpaired) electrons. The predicted octanol–water partition coefficient (Wildman–Crippen LogP) is 3.42. The van der Waals surface area contributed by atoms with E-state index in [1.54, 1.807) is 6.07 Å². The van der Waals surface area contributed by atoms with Crippen molar-refractivity contribution in [3.8, 4) is 0 Å². The Morgan fingerprint density at radius 2 is 2.00 bits per heavy atom. The second-order valence-electron chi connectivity index (χ2n) is 4.52. The van der Waals surface area contributed by atoms with Gasteiger partial charge in [0.15, 0.2) is 0 Å². The highest BCUT2D eigenvalue weighted by Gasteiger charge is 2.17. The number of anilines is 1.